The highest BCUT2D eigenvalue weighted by atomic mass is 35.5. The van der Waals surface area contributed by atoms with Gasteiger partial charge in [-0.05, 0) is 104 Å². The van der Waals surface area contributed by atoms with Crippen molar-refractivity contribution in [2.75, 3.05) is 0 Å². The van der Waals surface area contributed by atoms with Crippen LogP contribution in [-0.4, -0.2) is 16.4 Å². The maximum Gasteiger partial charge on any atom is 0.251 e. The van der Waals surface area contributed by atoms with Crippen molar-refractivity contribution in [2.45, 2.75) is 50.0 Å². The Morgan fingerprint density at radius 2 is 1.77 bits per heavy atom. The number of pyridine rings is 1. The summed E-state index contributed by atoms with van der Waals surface area (Å²) in [6.45, 7) is 0. The molecule has 0 radical (unpaired) electrons. The molecule has 0 saturated heterocycles. The predicted molar refractivity (Wildman–Crippen MR) is 117 cm³/mol. The largest absolute Gasteiger partial charge is 0.346 e. The Morgan fingerprint density at radius 3 is 2.47 bits per heavy atom. The van der Waals surface area contributed by atoms with Gasteiger partial charge >= 0.3 is 0 Å². The average molecular weight is 423 g/mol. The average Bonchev–Trinajstić information content (AvgIpc) is 3.54. The molecule has 1 N–H and O–H groups in total. The van der Waals surface area contributed by atoms with E-state index >= 15 is 0 Å². The fourth-order valence-corrected chi connectivity index (χ4v) is 5.25. The summed E-state index contributed by atoms with van der Waals surface area (Å²) in [5.74, 6) is 0.681. The van der Waals surface area contributed by atoms with Gasteiger partial charge in [0.15, 0.2) is 0 Å². The number of amides is 1. The van der Waals surface area contributed by atoms with Crippen LogP contribution in [0.1, 0.15) is 60.4 Å². The topological polar surface area (TPSA) is 42.0 Å². The number of carbonyl (C=O) groups is 1. The molecule has 0 atom stereocenters. The van der Waals surface area contributed by atoms with Gasteiger partial charge in [-0.25, -0.2) is 4.39 Å². The van der Waals surface area contributed by atoms with Gasteiger partial charge < -0.3 is 5.32 Å². The van der Waals surface area contributed by atoms with Gasteiger partial charge in [-0.15, -0.1) is 0 Å². The van der Waals surface area contributed by atoms with Crippen LogP contribution in [0.3, 0.4) is 0 Å². The Morgan fingerprint density at radius 1 is 1.03 bits per heavy atom. The van der Waals surface area contributed by atoms with E-state index in [-0.39, 0.29) is 17.3 Å². The molecule has 154 valence electrons. The molecular weight excluding hydrogens is 399 g/mol. The van der Waals surface area contributed by atoms with Gasteiger partial charge in [0.2, 0.25) is 0 Å². The molecule has 0 unspecified atom stereocenters. The SMILES string of the molecule is O=C(NC1(C2CCC(c3ccnc4ccc(F)cc34)CC2)CC1)c1ccc(Cl)cc1. The maximum atomic E-state index is 13.8. The first-order valence-corrected chi connectivity index (χ1v) is 11.0. The first kappa shape index (κ1) is 19.5. The normalized spacial score (nSPS) is 22.6. The molecule has 2 saturated carbocycles. The van der Waals surface area contributed by atoms with Crippen LogP contribution in [0.5, 0.6) is 0 Å². The zero-order valence-corrected chi connectivity index (χ0v) is 17.5. The minimum Gasteiger partial charge on any atom is -0.346 e. The van der Waals surface area contributed by atoms with Crippen molar-refractivity contribution in [3.63, 3.8) is 0 Å². The van der Waals surface area contributed by atoms with E-state index in [1.165, 1.54) is 11.6 Å². The summed E-state index contributed by atoms with van der Waals surface area (Å²) in [5, 5.41) is 4.89. The Bertz CT molecular complexity index is 1090. The smallest absolute Gasteiger partial charge is 0.251 e. The van der Waals surface area contributed by atoms with Crippen LogP contribution in [-0.2, 0) is 0 Å². The third-order valence-electron chi connectivity index (χ3n) is 6.94. The molecule has 1 aromatic heterocycles. The molecule has 1 heterocycles. The third-order valence-corrected chi connectivity index (χ3v) is 7.20. The van der Waals surface area contributed by atoms with Crippen LogP contribution in [0.4, 0.5) is 4.39 Å². The number of benzene rings is 2. The van der Waals surface area contributed by atoms with Crippen molar-refractivity contribution in [1.82, 2.24) is 10.3 Å². The van der Waals surface area contributed by atoms with Crippen molar-refractivity contribution in [3.05, 3.63) is 76.7 Å². The summed E-state index contributed by atoms with van der Waals surface area (Å²) < 4.78 is 13.8. The van der Waals surface area contributed by atoms with E-state index in [4.69, 9.17) is 11.6 Å². The first-order valence-electron chi connectivity index (χ1n) is 10.7. The monoisotopic (exact) mass is 422 g/mol. The molecule has 2 aromatic carbocycles. The maximum absolute atomic E-state index is 13.8. The fourth-order valence-electron chi connectivity index (χ4n) is 5.12. The molecule has 2 aliphatic carbocycles. The van der Waals surface area contributed by atoms with Crippen molar-refractivity contribution in [2.24, 2.45) is 5.92 Å². The van der Waals surface area contributed by atoms with Crippen LogP contribution in [0.25, 0.3) is 10.9 Å². The van der Waals surface area contributed by atoms with Crippen molar-refractivity contribution in [1.29, 1.82) is 0 Å². The van der Waals surface area contributed by atoms with Gasteiger partial charge in [0.1, 0.15) is 5.82 Å². The summed E-state index contributed by atoms with van der Waals surface area (Å²) in [5.41, 5.74) is 2.65. The highest BCUT2D eigenvalue weighted by Gasteiger charge is 2.51. The second-order valence-corrected chi connectivity index (χ2v) is 9.16. The highest BCUT2D eigenvalue weighted by Crippen LogP contribution is 2.51. The van der Waals surface area contributed by atoms with E-state index in [9.17, 15) is 9.18 Å². The second-order valence-electron chi connectivity index (χ2n) is 8.73. The molecule has 2 aliphatic rings. The van der Waals surface area contributed by atoms with Gasteiger partial charge in [0.05, 0.1) is 5.52 Å². The molecule has 3 nitrogen and oxygen atoms in total. The quantitative estimate of drug-likeness (QED) is 0.538. The lowest BCUT2D eigenvalue weighted by molar-refractivity contribution is 0.0900. The summed E-state index contributed by atoms with van der Waals surface area (Å²) in [4.78, 5) is 17.1. The lowest BCUT2D eigenvalue weighted by atomic mass is 9.74. The van der Waals surface area contributed by atoms with Crippen LogP contribution in [0, 0.1) is 11.7 Å². The fraction of sp³-hybridized carbons (Fsp3) is 0.360. The van der Waals surface area contributed by atoms with Crippen LogP contribution < -0.4 is 5.32 Å². The van der Waals surface area contributed by atoms with Crippen LogP contribution >= 0.6 is 11.6 Å². The molecule has 5 heteroatoms. The number of hydrogen-bond donors (Lipinski definition) is 1. The van der Waals surface area contributed by atoms with Crippen molar-refractivity contribution >= 4 is 28.4 Å². The van der Waals surface area contributed by atoms with Gasteiger partial charge in [-0.3, -0.25) is 9.78 Å². The number of halogens is 2. The van der Waals surface area contributed by atoms with Gasteiger partial charge in [0, 0.05) is 27.7 Å². The molecule has 0 bridgehead atoms. The highest BCUT2D eigenvalue weighted by molar-refractivity contribution is 6.30. The Kier molecular flexibility index (Phi) is 4.98. The minimum atomic E-state index is -0.215. The molecule has 2 fully saturated rings. The van der Waals surface area contributed by atoms with Crippen molar-refractivity contribution in [3.8, 4) is 0 Å². The van der Waals surface area contributed by atoms with E-state index in [2.05, 4.69) is 10.3 Å². The summed E-state index contributed by atoms with van der Waals surface area (Å²) >= 11 is 5.94. The Labute approximate surface area is 180 Å². The van der Waals surface area contributed by atoms with Crippen LogP contribution in [0.2, 0.25) is 5.02 Å². The summed E-state index contributed by atoms with van der Waals surface area (Å²) in [6.07, 6.45) is 8.18. The lowest BCUT2D eigenvalue weighted by Crippen LogP contribution is -2.43. The number of hydrogen-bond acceptors (Lipinski definition) is 2. The van der Waals surface area contributed by atoms with Gasteiger partial charge in [-0.2, -0.15) is 0 Å². The third kappa shape index (κ3) is 3.69. The first-order chi connectivity index (χ1) is 14.5. The number of rotatable bonds is 4. The Balaban J connectivity index is 1.28. The number of nitrogens with one attached hydrogen (secondary N) is 1. The molecule has 3 aromatic rings. The standard InChI is InChI=1S/C25H24ClFN2O/c26-19-7-3-17(4-8-19)24(30)29-25(12-13-25)18-5-1-16(2-6-18)21-11-14-28-23-10-9-20(27)15-22(21)23/h3-4,7-11,14-16,18H,1-2,5-6,12-13H2,(H,29,30). The number of nitrogens with zero attached hydrogens (tertiary/aromatic N) is 1. The number of fused-ring (bicyclic) bond motifs is 1. The summed E-state index contributed by atoms with van der Waals surface area (Å²) in [7, 11) is 0. The molecule has 0 aliphatic heterocycles. The number of aromatic nitrogens is 1. The van der Waals surface area contributed by atoms with E-state index in [0.717, 1.165) is 49.4 Å². The zero-order valence-electron chi connectivity index (χ0n) is 16.7. The predicted octanol–water partition coefficient (Wildman–Crippen LogP) is 6.26. The molecule has 1 amide bonds. The van der Waals surface area contributed by atoms with E-state index in [1.54, 1.807) is 36.4 Å². The summed E-state index contributed by atoms with van der Waals surface area (Å²) in [6, 6.07) is 13.9. The molecule has 30 heavy (non-hydrogen) atoms. The molecule has 0 spiro atoms. The van der Waals surface area contributed by atoms with Gasteiger partial charge in [-0.1, -0.05) is 11.6 Å². The van der Waals surface area contributed by atoms with E-state index < -0.39 is 0 Å². The lowest BCUT2D eigenvalue weighted by Gasteiger charge is -2.35. The Hall–Kier alpha value is -2.46. The van der Waals surface area contributed by atoms with Crippen LogP contribution in [0.15, 0.2) is 54.7 Å². The van der Waals surface area contributed by atoms with E-state index in [0.29, 0.717) is 22.4 Å². The minimum absolute atomic E-state index is 0.0121. The zero-order chi connectivity index (χ0) is 20.7. The molecular formula is C25H24ClFN2O. The van der Waals surface area contributed by atoms with E-state index in [1.807, 2.05) is 12.3 Å². The van der Waals surface area contributed by atoms with Crippen molar-refractivity contribution < 1.29 is 9.18 Å². The number of carbonyl (C=O) groups excluding carboxylic acids is 1. The molecule has 5 rings (SSSR count). The second kappa shape index (κ2) is 7.66. The van der Waals surface area contributed by atoms with Gasteiger partial charge in [0.25, 0.3) is 5.91 Å².